The number of urea groups is 1. The Kier molecular flexibility index (Phi) is 5.10. The van der Waals surface area contributed by atoms with Gasteiger partial charge < -0.3 is 15.4 Å². The van der Waals surface area contributed by atoms with Gasteiger partial charge in [-0.3, -0.25) is 0 Å². The van der Waals surface area contributed by atoms with Crippen LogP contribution in [-0.4, -0.2) is 31.8 Å². The van der Waals surface area contributed by atoms with Crippen LogP contribution < -0.4 is 10.6 Å². The minimum absolute atomic E-state index is 0.0360. The SMILES string of the molecule is O=C(NCC1CCCCC1)NCC1CCCO1. The van der Waals surface area contributed by atoms with Crippen molar-refractivity contribution in [3.8, 4) is 0 Å². The van der Waals surface area contributed by atoms with Crippen molar-refractivity contribution in [1.82, 2.24) is 10.6 Å². The Morgan fingerprint density at radius 2 is 1.76 bits per heavy atom. The Labute approximate surface area is 103 Å². The molecule has 2 fully saturated rings. The highest BCUT2D eigenvalue weighted by molar-refractivity contribution is 5.73. The molecule has 4 heteroatoms. The van der Waals surface area contributed by atoms with E-state index in [1.54, 1.807) is 0 Å². The number of carbonyl (C=O) groups excluding carboxylic acids is 1. The van der Waals surface area contributed by atoms with Gasteiger partial charge in [0.1, 0.15) is 0 Å². The molecule has 2 aliphatic rings. The quantitative estimate of drug-likeness (QED) is 0.790. The minimum atomic E-state index is -0.0360. The molecule has 1 heterocycles. The van der Waals surface area contributed by atoms with Crippen molar-refractivity contribution in [3.63, 3.8) is 0 Å². The lowest BCUT2D eigenvalue weighted by molar-refractivity contribution is 0.111. The predicted octanol–water partition coefficient (Wildman–Crippen LogP) is 2.04. The molecule has 0 radical (unpaired) electrons. The highest BCUT2D eigenvalue weighted by atomic mass is 16.5. The highest BCUT2D eigenvalue weighted by Crippen LogP contribution is 2.22. The molecule has 1 saturated heterocycles. The highest BCUT2D eigenvalue weighted by Gasteiger charge is 2.17. The van der Waals surface area contributed by atoms with Gasteiger partial charge in [-0.15, -0.1) is 0 Å². The first-order valence-corrected chi connectivity index (χ1v) is 6.98. The summed E-state index contributed by atoms with van der Waals surface area (Å²) in [7, 11) is 0. The van der Waals surface area contributed by atoms with Crippen LogP contribution in [0.15, 0.2) is 0 Å². The molecule has 1 unspecified atom stereocenters. The Morgan fingerprint density at radius 1 is 1.00 bits per heavy atom. The molecule has 4 nitrogen and oxygen atoms in total. The first kappa shape index (κ1) is 12.7. The molecule has 2 rings (SSSR count). The number of carbonyl (C=O) groups is 1. The molecule has 0 spiro atoms. The molecule has 1 aliphatic heterocycles. The Hall–Kier alpha value is -0.770. The van der Waals surface area contributed by atoms with E-state index < -0.39 is 0 Å². The van der Waals surface area contributed by atoms with Crippen molar-refractivity contribution < 1.29 is 9.53 Å². The van der Waals surface area contributed by atoms with Gasteiger partial charge in [0.05, 0.1) is 6.10 Å². The van der Waals surface area contributed by atoms with E-state index in [0.29, 0.717) is 12.5 Å². The molecule has 1 atom stereocenters. The first-order chi connectivity index (χ1) is 8.34. The Bertz CT molecular complexity index is 234. The van der Waals surface area contributed by atoms with Gasteiger partial charge in [0, 0.05) is 19.7 Å². The molecule has 98 valence electrons. The summed E-state index contributed by atoms with van der Waals surface area (Å²) >= 11 is 0. The van der Waals surface area contributed by atoms with Crippen LogP contribution in [0.2, 0.25) is 0 Å². The van der Waals surface area contributed by atoms with E-state index in [2.05, 4.69) is 10.6 Å². The molecular weight excluding hydrogens is 216 g/mol. The average Bonchev–Trinajstić information content (AvgIpc) is 2.88. The van der Waals surface area contributed by atoms with E-state index >= 15 is 0 Å². The third-order valence-corrected chi connectivity index (χ3v) is 3.79. The van der Waals surface area contributed by atoms with Crippen molar-refractivity contribution in [3.05, 3.63) is 0 Å². The number of amides is 2. The van der Waals surface area contributed by atoms with Gasteiger partial charge in [-0.25, -0.2) is 4.79 Å². The van der Waals surface area contributed by atoms with Gasteiger partial charge in [0.2, 0.25) is 0 Å². The second-order valence-corrected chi connectivity index (χ2v) is 5.23. The molecule has 0 aromatic heterocycles. The Balaban J connectivity index is 1.53. The van der Waals surface area contributed by atoms with Gasteiger partial charge in [-0.2, -0.15) is 0 Å². The van der Waals surface area contributed by atoms with Crippen molar-refractivity contribution in [2.24, 2.45) is 5.92 Å². The monoisotopic (exact) mass is 240 g/mol. The topological polar surface area (TPSA) is 50.4 Å². The lowest BCUT2D eigenvalue weighted by Crippen LogP contribution is -2.41. The van der Waals surface area contributed by atoms with E-state index in [4.69, 9.17) is 4.74 Å². The third-order valence-electron chi connectivity index (χ3n) is 3.79. The van der Waals surface area contributed by atoms with Gasteiger partial charge in [-0.1, -0.05) is 19.3 Å². The van der Waals surface area contributed by atoms with Crippen LogP contribution in [0.5, 0.6) is 0 Å². The molecular formula is C13H24N2O2. The second-order valence-electron chi connectivity index (χ2n) is 5.23. The van der Waals surface area contributed by atoms with Gasteiger partial charge >= 0.3 is 6.03 Å². The van der Waals surface area contributed by atoms with E-state index in [9.17, 15) is 4.79 Å². The van der Waals surface area contributed by atoms with Crippen molar-refractivity contribution in [1.29, 1.82) is 0 Å². The minimum Gasteiger partial charge on any atom is -0.376 e. The summed E-state index contributed by atoms with van der Waals surface area (Å²) in [6.45, 7) is 2.32. The van der Waals surface area contributed by atoms with Gasteiger partial charge in [0.25, 0.3) is 0 Å². The maximum absolute atomic E-state index is 11.6. The average molecular weight is 240 g/mol. The Morgan fingerprint density at radius 3 is 2.47 bits per heavy atom. The molecule has 0 aromatic rings. The maximum Gasteiger partial charge on any atom is 0.314 e. The fraction of sp³-hybridized carbons (Fsp3) is 0.923. The summed E-state index contributed by atoms with van der Waals surface area (Å²) in [4.78, 5) is 11.6. The predicted molar refractivity (Wildman–Crippen MR) is 67.0 cm³/mol. The van der Waals surface area contributed by atoms with E-state index in [1.165, 1.54) is 32.1 Å². The summed E-state index contributed by atoms with van der Waals surface area (Å²) in [5.74, 6) is 0.692. The number of rotatable bonds is 4. The zero-order valence-corrected chi connectivity index (χ0v) is 10.5. The van der Waals surface area contributed by atoms with E-state index in [1.807, 2.05) is 0 Å². The van der Waals surface area contributed by atoms with Crippen LogP contribution in [0.4, 0.5) is 4.79 Å². The number of nitrogens with one attached hydrogen (secondary N) is 2. The summed E-state index contributed by atoms with van der Waals surface area (Å²) in [5.41, 5.74) is 0. The van der Waals surface area contributed by atoms with Crippen LogP contribution in [0, 0.1) is 5.92 Å². The number of hydrogen-bond donors (Lipinski definition) is 2. The van der Waals surface area contributed by atoms with Crippen molar-refractivity contribution in [2.75, 3.05) is 19.7 Å². The third kappa shape index (κ3) is 4.54. The molecule has 2 N–H and O–H groups in total. The van der Waals surface area contributed by atoms with Crippen molar-refractivity contribution >= 4 is 6.03 Å². The van der Waals surface area contributed by atoms with Crippen molar-refractivity contribution in [2.45, 2.75) is 51.0 Å². The van der Waals surface area contributed by atoms with E-state index in [0.717, 1.165) is 26.0 Å². The van der Waals surface area contributed by atoms with Crippen LogP contribution >= 0.6 is 0 Å². The van der Waals surface area contributed by atoms with Gasteiger partial charge in [0.15, 0.2) is 0 Å². The van der Waals surface area contributed by atoms with Crippen LogP contribution in [-0.2, 0) is 4.74 Å². The molecule has 1 saturated carbocycles. The summed E-state index contributed by atoms with van der Waals surface area (Å²) in [6, 6.07) is -0.0360. The lowest BCUT2D eigenvalue weighted by atomic mass is 9.89. The second kappa shape index (κ2) is 6.84. The normalized spacial score (nSPS) is 25.8. The molecule has 0 aromatic carbocycles. The first-order valence-electron chi connectivity index (χ1n) is 6.98. The summed E-state index contributed by atoms with van der Waals surface area (Å²) in [5, 5.41) is 5.86. The standard InChI is InChI=1S/C13H24N2O2/c16-13(15-10-12-7-4-8-17-12)14-9-11-5-2-1-3-6-11/h11-12H,1-10H2,(H2,14,15,16). The van der Waals surface area contributed by atoms with Gasteiger partial charge in [-0.05, 0) is 31.6 Å². The lowest BCUT2D eigenvalue weighted by Gasteiger charge is -2.22. The fourth-order valence-electron chi connectivity index (χ4n) is 2.70. The fourth-order valence-corrected chi connectivity index (χ4v) is 2.70. The maximum atomic E-state index is 11.6. The van der Waals surface area contributed by atoms with Crippen LogP contribution in [0.1, 0.15) is 44.9 Å². The molecule has 0 bridgehead atoms. The summed E-state index contributed by atoms with van der Waals surface area (Å²) in [6.07, 6.45) is 8.97. The molecule has 17 heavy (non-hydrogen) atoms. The largest absolute Gasteiger partial charge is 0.376 e. The van der Waals surface area contributed by atoms with E-state index in [-0.39, 0.29) is 12.1 Å². The number of ether oxygens (including phenoxy) is 1. The smallest absolute Gasteiger partial charge is 0.314 e. The zero-order chi connectivity index (χ0) is 11.9. The molecule has 2 amide bonds. The molecule has 1 aliphatic carbocycles. The summed E-state index contributed by atoms with van der Waals surface area (Å²) < 4.78 is 5.46. The zero-order valence-electron chi connectivity index (χ0n) is 10.5. The number of hydrogen-bond acceptors (Lipinski definition) is 2. The van der Waals surface area contributed by atoms with Crippen LogP contribution in [0.25, 0.3) is 0 Å². The van der Waals surface area contributed by atoms with Crippen LogP contribution in [0.3, 0.4) is 0 Å².